The van der Waals surface area contributed by atoms with Gasteiger partial charge in [0, 0.05) is 18.6 Å². The van der Waals surface area contributed by atoms with Gasteiger partial charge in [0.2, 0.25) is 0 Å². The van der Waals surface area contributed by atoms with Crippen LogP contribution < -0.4 is 11.1 Å². The van der Waals surface area contributed by atoms with Crippen LogP contribution in [0.15, 0.2) is 4.99 Å². The van der Waals surface area contributed by atoms with E-state index in [4.69, 9.17) is 5.73 Å². The van der Waals surface area contributed by atoms with Crippen LogP contribution in [0.4, 0.5) is 0 Å². The third-order valence-corrected chi connectivity index (χ3v) is 3.50. The van der Waals surface area contributed by atoms with E-state index >= 15 is 0 Å². The van der Waals surface area contributed by atoms with Gasteiger partial charge >= 0.3 is 0 Å². The van der Waals surface area contributed by atoms with Gasteiger partial charge in [0.05, 0.1) is 6.54 Å². The van der Waals surface area contributed by atoms with Crippen molar-refractivity contribution in [2.75, 3.05) is 19.6 Å². The molecule has 2 aliphatic rings. The predicted octanol–water partition coefficient (Wildman–Crippen LogP) is 1.79. The molecule has 1 aliphatic carbocycles. The van der Waals surface area contributed by atoms with Crippen LogP contribution >= 0.6 is 24.0 Å². The molecular formula is C13H27IN4. The summed E-state index contributed by atoms with van der Waals surface area (Å²) in [6.45, 7) is 7.84. The summed E-state index contributed by atoms with van der Waals surface area (Å²) in [7, 11) is 0. The van der Waals surface area contributed by atoms with E-state index in [2.05, 4.69) is 29.1 Å². The van der Waals surface area contributed by atoms with E-state index in [1.54, 1.807) is 0 Å². The Morgan fingerprint density at radius 3 is 2.72 bits per heavy atom. The van der Waals surface area contributed by atoms with Gasteiger partial charge in [-0.2, -0.15) is 0 Å². The van der Waals surface area contributed by atoms with E-state index in [0.717, 1.165) is 12.5 Å². The van der Waals surface area contributed by atoms with Crippen molar-refractivity contribution in [3.05, 3.63) is 0 Å². The van der Waals surface area contributed by atoms with E-state index in [9.17, 15) is 0 Å². The SMILES string of the molecule is CC(C)CN1CCC[C@H]1CN=C(N)NC1CC1.I. The molecule has 2 fully saturated rings. The minimum atomic E-state index is 0. The highest BCUT2D eigenvalue weighted by Gasteiger charge is 2.25. The Labute approximate surface area is 128 Å². The first-order chi connectivity index (χ1) is 8.15. The monoisotopic (exact) mass is 366 g/mol. The smallest absolute Gasteiger partial charge is 0.188 e. The molecule has 0 radical (unpaired) electrons. The van der Waals surface area contributed by atoms with Gasteiger partial charge in [-0.1, -0.05) is 13.8 Å². The van der Waals surface area contributed by atoms with Gasteiger partial charge in [-0.15, -0.1) is 24.0 Å². The van der Waals surface area contributed by atoms with Crippen LogP contribution in [0.2, 0.25) is 0 Å². The number of halogens is 1. The minimum Gasteiger partial charge on any atom is -0.370 e. The quantitative estimate of drug-likeness (QED) is 0.443. The van der Waals surface area contributed by atoms with Crippen LogP contribution in [0.25, 0.3) is 0 Å². The maximum atomic E-state index is 5.86. The molecule has 1 saturated carbocycles. The lowest BCUT2D eigenvalue weighted by Gasteiger charge is -2.24. The second-order valence-electron chi connectivity index (χ2n) is 5.83. The summed E-state index contributed by atoms with van der Waals surface area (Å²) in [5, 5.41) is 3.24. The fourth-order valence-corrected chi connectivity index (χ4v) is 2.50. The van der Waals surface area contributed by atoms with Gasteiger partial charge in [-0.3, -0.25) is 9.89 Å². The average Bonchev–Trinajstić information content (AvgIpc) is 2.95. The Hall–Kier alpha value is -0.0400. The standard InChI is InChI=1S/C13H26N4.HI/c1-10(2)9-17-7-3-4-12(17)8-15-13(14)16-11-5-6-11;/h10-12H,3-9H2,1-2H3,(H3,14,15,16);1H/t12-;/m0./s1. The third-order valence-electron chi connectivity index (χ3n) is 3.50. The van der Waals surface area contributed by atoms with Crippen molar-refractivity contribution in [2.45, 2.75) is 51.6 Å². The van der Waals surface area contributed by atoms with Gasteiger partial charge in [0.25, 0.3) is 0 Å². The van der Waals surface area contributed by atoms with E-state index in [0.29, 0.717) is 18.0 Å². The summed E-state index contributed by atoms with van der Waals surface area (Å²) in [5.41, 5.74) is 5.86. The number of rotatable bonds is 5. The number of nitrogens with two attached hydrogens (primary N) is 1. The molecule has 5 heteroatoms. The molecule has 2 rings (SSSR count). The van der Waals surface area contributed by atoms with Gasteiger partial charge in [-0.25, -0.2) is 0 Å². The van der Waals surface area contributed by atoms with E-state index in [1.807, 2.05) is 0 Å². The lowest BCUT2D eigenvalue weighted by atomic mass is 10.2. The van der Waals surface area contributed by atoms with Crippen molar-refractivity contribution < 1.29 is 0 Å². The first-order valence-electron chi connectivity index (χ1n) is 6.95. The first kappa shape index (κ1) is 16.0. The molecule has 3 N–H and O–H groups in total. The maximum absolute atomic E-state index is 5.86. The predicted molar refractivity (Wildman–Crippen MR) is 87.5 cm³/mol. The fraction of sp³-hybridized carbons (Fsp3) is 0.923. The number of guanidine groups is 1. The molecule has 0 unspecified atom stereocenters. The van der Waals surface area contributed by atoms with E-state index in [-0.39, 0.29) is 24.0 Å². The Bertz CT molecular complexity index is 276. The lowest BCUT2D eigenvalue weighted by Crippen LogP contribution is -2.37. The van der Waals surface area contributed by atoms with Crippen molar-refractivity contribution in [1.29, 1.82) is 0 Å². The number of hydrogen-bond acceptors (Lipinski definition) is 2. The first-order valence-corrected chi connectivity index (χ1v) is 6.95. The molecule has 1 aliphatic heterocycles. The number of nitrogens with one attached hydrogen (secondary N) is 1. The van der Waals surface area contributed by atoms with Gasteiger partial charge in [0.15, 0.2) is 5.96 Å². The van der Waals surface area contributed by atoms with Crippen molar-refractivity contribution in [3.8, 4) is 0 Å². The molecule has 1 saturated heterocycles. The largest absolute Gasteiger partial charge is 0.370 e. The van der Waals surface area contributed by atoms with Crippen molar-refractivity contribution in [2.24, 2.45) is 16.6 Å². The molecule has 106 valence electrons. The molecular weight excluding hydrogens is 339 g/mol. The van der Waals surface area contributed by atoms with E-state index in [1.165, 1.54) is 38.8 Å². The summed E-state index contributed by atoms with van der Waals surface area (Å²) >= 11 is 0. The Morgan fingerprint density at radius 1 is 1.39 bits per heavy atom. The maximum Gasteiger partial charge on any atom is 0.188 e. The van der Waals surface area contributed by atoms with Gasteiger partial charge in [-0.05, 0) is 38.1 Å². The third kappa shape index (κ3) is 5.30. The van der Waals surface area contributed by atoms with Crippen LogP contribution in [0, 0.1) is 5.92 Å². The van der Waals surface area contributed by atoms with Crippen molar-refractivity contribution in [1.82, 2.24) is 10.2 Å². The molecule has 0 aromatic carbocycles. The van der Waals surface area contributed by atoms with Crippen LogP contribution in [-0.4, -0.2) is 42.6 Å². The number of likely N-dealkylation sites (tertiary alicyclic amines) is 1. The highest BCUT2D eigenvalue weighted by Crippen LogP contribution is 2.19. The lowest BCUT2D eigenvalue weighted by molar-refractivity contribution is 0.231. The summed E-state index contributed by atoms with van der Waals surface area (Å²) in [6.07, 6.45) is 5.08. The number of nitrogens with zero attached hydrogens (tertiary/aromatic N) is 2. The second-order valence-corrected chi connectivity index (χ2v) is 5.83. The summed E-state index contributed by atoms with van der Waals surface area (Å²) in [4.78, 5) is 7.05. The second kappa shape index (κ2) is 7.53. The summed E-state index contributed by atoms with van der Waals surface area (Å²) < 4.78 is 0. The van der Waals surface area contributed by atoms with Gasteiger partial charge in [0.1, 0.15) is 0 Å². The zero-order valence-corrected chi connectivity index (χ0v) is 13.9. The minimum absolute atomic E-state index is 0. The van der Waals surface area contributed by atoms with Gasteiger partial charge < -0.3 is 11.1 Å². The van der Waals surface area contributed by atoms with Crippen LogP contribution in [-0.2, 0) is 0 Å². The zero-order chi connectivity index (χ0) is 12.3. The molecule has 0 aromatic rings. The van der Waals surface area contributed by atoms with Crippen molar-refractivity contribution >= 4 is 29.9 Å². The molecule has 0 aromatic heterocycles. The zero-order valence-electron chi connectivity index (χ0n) is 11.6. The molecule has 1 atom stereocenters. The molecule has 4 nitrogen and oxygen atoms in total. The Kier molecular flexibility index (Phi) is 6.70. The number of hydrogen-bond donors (Lipinski definition) is 2. The van der Waals surface area contributed by atoms with Crippen LogP contribution in [0.1, 0.15) is 39.5 Å². The Balaban J connectivity index is 0.00000162. The highest BCUT2D eigenvalue weighted by molar-refractivity contribution is 14.0. The van der Waals surface area contributed by atoms with Crippen LogP contribution in [0.5, 0.6) is 0 Å². The van der Waals surface area contributed by atoms with Crippen LogP contribution in [0.3, 0.4) is 0 Å². The molecule has 18 heavy (non-hydrogen) atoms. The average molecular weight is 366 g/mol. The fourth-order valence-electron chi connectivity index (χ4n) is 2.50. The summed E-state index contributed by atoms with van der Waals surface area (Å²) in [6, 6.07) is 1.21. The van der Waals surface area contributed by atoms with E-state index < -0.39 is 0 Å². The molecule has 1 heterocycles. The Morgan fingerprint density at radius 2 is 2.11 bits per heavy atom. The molecule has 0 amide bonds. The highest BCUT2D eigenvalue weighted by atomic mass is 127. The van der Waals surface area contributed by atoms with Crippen molar-refractivity contribution in [3.63, 3.8) is 0 Å². The normalized spacial score (nSPS) is 25.3. The topological polar surface area (TPSA) is 53.6 Å². The molecule has 0 spiro atoms. The molecule has 0 bridgehead atoms. The summed E-state index contributed by atoms with van der Waals surface area (Å²) in [5.74, 6) is 1.38. The number of aliphatic imine (C=N–C) groups is 1.